The molecule has 4 rings (SSSR count). The smallest absolute Gasteiger partial charge is 0.259 e. The van der Waals surface area contributed by atoms with Gasteiger partial charge in [0.05, 0.1) is 11.2 Å². The fourth-order valence-electron chi connectivity index (χ4n) is 3.34. The van der Waals surface area contributed by atoms with Crippen molar-refractivity contribution in [3.63, 3.8) is 0 Å². The van der Waals surface area contributed by atoms with Crippen molar-refractivity contribution in [2.75, 3.05) is 17.2 Å². The molecule has 3 heterocycles. The Morgan fingerprint density at radius 1 is 1.32 bits per heavy atom. The predicted octanol–water partition coefficient (Wildman–Crippen LogP) is 1.13. The minimum Gasteiger partial charge on any atom is -0.347 e. The van der Waals surface area contributed by atoms with Gasteiger partial charge in [-0.25, -0.2) is 15.0 Å². The molecule has 1 aliphatic carbocycles. The summed E-state index contributed by atoms with van der Waals surface area (Å²) in [6, 6.07) is 0.117. The van der Waals surface area contributed by atoms with Gasteiger partial charge < -0.3 is 20.9 Å². The Bertz CT molecular complexity index is 805. The highest BCUT2D eigenvalue weighted by molar-refractivity contribution is 8.04. The minimum absolute atomic E-state index is 0.0491. The number of H-pyrrole nitrogens is 1. The Labute approximate surface area is 149 Å². The SMILES string of the molecule is N[C@H]1CCCC[C@H]1NC(=O)C1=CN(c2ncnc3nc[nH]c23)CCS1. The molecule has 0 saturated heterocycles. The number of anilines is 1. The second-order valence-electron chi connectivity index (χ2n) is 6.36. The Morgan fingerprint density at radius 3 is 3.08 bits per heavy atom. The third-order valence-electron chi connectivity index (χ3n) is 4.70. The van der Waals surface area contributed by atoms with Crippen LogP contribution in [0, 0.1) is 0 Å². The molecule has 2 aromatic heterocycles. The lowest BCUT2D eigenvalue weighted by Crippen LogP contribution is -2.49. The topological polar surface area (TPSA) is 113 Å². The maximum atomic E-state index is 12.7. The Hall–Kier alpha value is -2.13. The first kappa shape index (κ1) is 16.3. The van der Waals surface area contributed by atoms with E-state index < -0.39 is 0 Å². The highest BCUT2D eigenvalue weighted by Crippen LogP contribution is 2.28. The summed E-state index contributed by atoms with van der Waals surface area (Å²) in [6.45, 7) is 0.773. The van der Waals surface area contributed by atoms with E-state index in [4.69, 9.17) is 5.73 Å². The van der Waals surface area contributed by atoms with Crippen molar-refractivity contribution in [1.29, 1.82) is 0 Å². The Morgan fingerprint density at radius 2 is 2.20 bits per heavy atom. The lowest BCUT2D eigenvalue weighted by atomic mass is 9.91. The van der Waals surface area contributed by atoms with Crippen molar-refractivity contribution in [2.45, 2.75) is 37.8 Å². The zero-order valence-electron chi connectivity index (χ0n) is 13.8. The average Bonchev–Trinajstić information content (AvgIpc) is 3.12. The normalized spacial score (nSPS) is 24.2. The van der Waals surface area contributed by atoms with Crippen molar-refractivity contribution in [1.82, 2.24) is 25.3 Å². The van der Waals surface area contributed by atoms with Crippen LogP contribution in [-0.4, -0.2) is 50.2 Å². The number of carbonyl (C=O) groups excluding carboxylic acids is 1. The van der Waals surface area contributed by atoms with Gasteiger partial charge in [0, 0.05) is 30.6 Å². The lowest BCUT2D eigenvalue weighted by Gasteiger charge is -2.30. The molecular formula is C16H21N7OS. The van der Waals surface area contributed by atoms with Crippen LogP contribution in [0.25, 0.3) is 11.2 Å². The van der Waals surface area contributed by atoms with Gasteiger partial charge in [-0.3, -0.25) is 4.79 Å². The number of amides is 1. The molecule has 4 N–H and O–H groups in total. The fraction of sp³-hybridized carbons (Fsp3) is 0.500. The van der Waals surface area contributed by atoms with Crippen molar-refractivity contribution in [3.05, 3.63) is 23.8 Å². The molecule has 2 atom stereocenters. The molecule has 2 aliphatic rings. The quantitative estimate of drug-likeness (QED) is 0.753. The third kappa shape index (κ3) is 3.34. The van der Waals surface area contributed by atoms with Crippen LogP contribution in [0.15, 0.2) is 23.8 Å². The number of carbonyl (C=O) groups is 1. The molecule has 0 radical (unpaired) electrons. The molecule has 1 fully saturated rings. The molecule has 8 nitrogen and oxygen atoms in total. The summed E-state index contributed by atoms with van der Waals surface area (Å²) in [5.41, 5.74) is 7.54. The van der Waals surface area contributed by atoms with Crippen LogP contribution >= 0.6 is 11.8 Å². The van der Waals surface area contributed by atoms with E-state index in [-0.39, 0.29) is 18.0 Å². The molecule has 0 unspecified atom stereocenters. The van der Waals surface area contributed by atoms with Gasteiger partial charge >= 0.3 is 0 Å². The van der Waals surface area contributed by atoms with E-state index in [2.05, 4.69) is 25.3 Å². The van der Waals surface area contributed by atoms with Gasteiger partial charge in [-0.15, -0.1) is 11.8 Å². The standard InChI is InChI=1S/C16H21N7OS/c17-10-3-1-2-4-11(10)22-16(24)12-7-23(5-6-25-12)15-13-14(19-8-18-13)20-9-21-15/h7-11H,1-6,17H2,(H,22,24)(H,18,19,20,21)/t10-,11+/m0/s1. The zero-order valence-corrected chi connectivity index (χ0v) is 14.6. The molecule has 1 saturated carbocycles. The maximum absolute atomic E-state index is 12.7. The van der Waals surface area contributed by atoms with Crippen molar-refractivity contribution in [3.8, 4) is 0 Å². The first-order chi connectivity index (χ1) is 12.2. The molecule has 0 spiro atoms. The number of imidazole rings is 1. The van der Waals surface area contributed by atoms with E-state index in [1.807, 2.05) is 11.1 Å². The van der Waals surface area contributed by atoms with Crippen LogP contribution < -0.4 is 16.0 Å². The first-order valence-corrected chi connectivity index (χ1v) is 9.53. The van der Waals surface area contributed by atoms with Crippen LogP contribution in [0.2, 0.25) is 0 Å². The molecule has 0 aromatic carbocycles. The number of nitrogens with two attached hydrogens (primary N) is 1. The van der Waals surface area contributed by atoms with E-state index in [1.54, 1.807) is 18.1 Å². The summed E-state index contributed by atoms with van der Waals surface area (Å²) in [5, 5.41) is 3.11. The summed E-state index contributed by atoms with van der Waals surface area (Å²) in [4.78, 5) is 31.1. The van der Waals surface area contributed by atoms with Crippen molar-refractivity contribution < 1.29 is 4.79 Å². The van der Waals surface area contributed by atoms with E-state index in [0.29, 0.717) is 10.6 Å². The number of hydrogen-bond donors (Lipinski definition) is 3. The zero-order chi connectivity index (χ0) is 17.2. The Kier molecular flexibility index (Phi) is 4.58. The third-order valence-corrected chi connectivity index (χ3v) is 5.69. The van der Waals surface area contributed by atoms with E-state index in [0.717, 1.165) is 49.3 Å². The molecular weight excluding hydrogens is 338 g/mol. The van der Waals surface area contributed by atoms with Gasteiger partial charge in [0.15, 0.2) is 11.5 Å². The summed E-state index contributed by atoms with van der Waals surface area (Å²) in [6.07, 6.45) is 9.15. The van der Waals surface area contributed by atoms with Crippen molar-refractivity contribution >= 4 is 34.7 Å². The van der Waals surface area contributed by atoms with Gasteiger partial charge in [0.2, 0.25) is 0 Å². The largest absolute Gasteiger partial charge is 0.347 e. The molecule has 9 heteroatoms. The number of hydrogen-bond acceptors (Lipinski definition) is 7. The Balaban J connectivity index is 1.54. The van der Waals surface area contributed by atoms with Gasteiger partial charge in [0.25, 0.3) is 5.91 Å². The molecule has 0 bridgehead atoms. The van der Waals surface area contributed by atoms with E-state index in [1.165, 1.54) is 6.33 Å². The van der Waals surface area contributed by atoms with Crippen LogP contribution in [0.5, 0.6) is 0 Å². The number of fused-ring (bicyclic) bond motifs is 1. The fourth-order valence-corrected chi connectivity index (χ4v) is 4.24. The summed E-state index contributed by atoms with van der Waals surface area (Å²) in [7, 11) is 0. The second kappa shape index (κ2) is 7.01. The maximum Gasteiger partial charge on any atom is 0.259 e. The molecule has 132 valence electrons. The van der Waals surface area contributed by atoms with Crippen LogP contribution in [0.1, 0.15) is 25.7 Å². The molecule has 1 amide bonds. The molecule has 1 aliphatic heterocycles. The van der Waals surface area contributed by atoms with E-state index >= 15 is 0 Å². The number of thioether (sulfide) groups is 1. The highest BCUT2D eigenvalue weighted by atomic mass is 32.2. The highest BCUT2D eigenvalue weighted by Gasteiger charge is 2.26. The van der Waals surface area contributed by atoms with Crippen LogP contribution in [0.4, 0.5) is 5.82 Å². The minimum atomic E-state index is -0.0491. The summed E-state index contributed by atoms with van der Waals surface area (Å²) in [5.74, 6) is 1.50. The number of nitrogens with zero attached hydrogens (tertiary/aromatic N) is 4. The van der Waals surface area contributed by atoms with Crippen LogP contribution in [0.3, 0.4) is 0 Å². The van der Waals surface area contributed by atoms with Gasteiger partial charge in [-0.05, 0) is 12.8 Å². The molecule has 25 heavy (non-hydrogen) atoms. The number of aromatic amines is 1. The second-order valence-corrected chi connectivity index (χ2v) is 7.50. The van der Waals surface area contributed by atoms with Crippen LogP contribution in [-0.2, 0) is 4.79 Å². The summed E-state index contributed by atoms with van der Waals surface area (Å²) >= 11 is 1.56. The van der Waals surface area contributed by atoms with Gasteiger partial charge in [-0.1, -0.05) is 12.8 Å². The van der Waals surface area contributed by atoms with E-state index in [9.17, 15) is 4.79 Å². The average molecular weight is 359 g/mol. The first-order valence-electron chi connectivity index (χ1n) is 8.54. The number of rotatable bonds is 3. The predicted molar refractivity (Wildman–Crippen MR) is 97.9 cm³/mol. The van der Waals surface area contributed by atoms with Crippen molar-refractivity contribution in [2.24, 2.45) is 5.73 Å². The van der Waals surface area contributed by atoms with Gasteiger partial charge in [-0.2, -0.15) is 0 Å². The lowest BCUT2D eigenvalue weighted by molar-refractivity contribution is -0.117. The monoisotopic (exact) mass is 359 g/mol. The number of aromatic nitrogens is 4. The summed E-state index contributed by atoms with van der Waals surface area (Å²) < 4.78 is 0. The molecule has 2 aromatic rings. The van der Waals surface area contributed by atoms with Gasteiger partial charge in [0.1, 0.15) is 11.8 Å². The number of nitrogens with one attached hydrogen (secondary N) is 2.